The van der Waals surface area contributed by atoms with E-state index in [0.29, 0.717) is 11.3 Å². The molecule has 192 valence electrons. The molecular weight excluding hydrogens is 477 g/mol. The maximum Gasteiger partial charge on any atom is 0.407 e. The fourth-order valence-corrected chi connectivity index (χ4v) is 5.96. The summed E-state index contributed by atoms with van der Waals surface area (Å²) < 4.78 is 46.7. The van der Waals surface area contributed by atoms with Crippen molar-refractivity contribution in [1.29, 1.82) is 5.26 Å². The molecule has 4 aliphatic rings. The predicted octanol–water partition coefficient (Wildman–Crippen LogP) is 2.92. The molecule has 0 bridgehead atoms. The number of nitriles is 1. The number of ether oxygens (including phenoxy) is 1. The molecule has 1 unspecified atom stereocenters. The standard InChI is InChI=1S/C25H27F3N4O4/c26-25(27,28)24(14-29)8-10-31(11-9-24)18-2-1-3-20(18)36-16-4-5-17-15(12-16)13-32(23(17)35)19-6-7-21(33)30-22(19)34/h4-5,12,18-20H,1-3,6-11,13H2,(H,30,33,34)/t18-,19?,20-/m0/s1. The number of carbonyl (C=O) groups is 3. The lowest BCUT2D eigenvalue weighted by Crippen LogP contribution is -2.52. The molecular formula is C25H27F3N4O4. The molecule has 11 heteroatoms. The summed E-state index contributed by atoms with van der Waals surface area (Å²) >= 11 is 0. The molecule has 0 aromatic heterocycles. The Morgan fingerprint density at radius 2 is 1.86 bits per heavy atom. The highest BCUT2D eigenvalue weighted by molar-refractivity contribution is 6.05. The van der Waals surface area contributed by atoms with Crippen molar-refractivity contribution in [1.82, 2.24) is 15.1 Å². The third-order valence-corrected chi connectivity index (χ3v) is 8.08. The Morgan fingerprint density at radius 1 is 1.11 bits per heavy atom. The summed E-state index contributed by atoms with van der Waals surface area (Å²) in [5, 5.41) is 11.5. The number of nitrogens with zero attached hydrogens (tertiary/aromatic N) is 3. The Kier molecular flexibility index (Phi) is 6.19. The molecule has 1 aliphatic carbocycles. The van der Waals surface area contributed by atoms with Crippen molar-refractivity contribution in [3.05, 3.63) is 29.3 Å². The van der Waals surface area contributed by atoms with Crippen LogP contribution in [0.15, 0.2) is 18.2 Å². The highest BCUT2D eigenvalue weighted by Crippen LogP contribution is 2.46. The summed E-state index contributed by atoms with van der Waals surface area (Å²) in [7, 11) is 0. The predicted molar refractivity (Wildman–Crippen MR) is 119 cm³/mol. The molecule has 5 rings (SSSR count). The van der Waals surface area contributed by atoms with Crippen LogP contribution in [-0.2, 0) is 16.1 Å². The van der Waals surface area contributed by atoms with Crippen molar-refractivity contribution < 1.29 is 32.3 Å². The van der Waals surface area contributed by atoms with Gasteiger partial charge in [-0.2, -0.15) is 18.4 Å². The van der Waals surface area contributed by atoms with Crippen LogP contribution >= 0.6 is 0 Å². The van der Waals surface area contributed by atoms with Crippen LogP contribution in [0.25, 0.3) is 0 Å². The zero-order valence-corrected chi connectivity index (χ0v) is 19.6. The number of hydrogen-bond acceptors (Lipinski definition) is 6. The first kappa shape index (κ1) is 24.6. The third-order valence-electron chi connectivity index (χ3n) is 8.08. The number of nitrogens with one attached hydrogen (secondary N) is 1. The number of benzene rings is 1. The third kappa shape index (κ3) is 4.21. The lowest BCUT2D eigenvalue weighted by molar-refractivity contribution is -0.216. The monoisotopic (exact) mass is 504 g/mol. The van der Waals surface area contributed by atoms with E-state index in [0.717, 1.165) is 24.8 Å². The Hall–Kier alpha value is -3.13. The molecule has 1 aromatic carbocycles. The SMILES string of the molecule is N#CC1(C(F)(F)F)CCN([C@H]2CCC[C@@H]2Oc2ccc3c(c2)CN(C2CCC(=O)NC2=O)C3=O)CC1. The first-order chi connectivity index (χ1) is 17.1. The van der Waals surface area contributed by atoms with Crippen LogP contribution in [0.2, 0.25) is 0 Å². The number of piperidine rings is 2. The van der Waals surface area contributed by atoms with Gasteiger partial charge in [0.05, 0.1) is 6.07 Å². The van der Waals surface area contributed by atoms with E-state index in [1.54, 1.807) is 18.2 Å². The largest absolute Gasteiger partial charge is 0.489 e. The summed E-state index contributed by atoms with van der Waals surface area (Å²) in [6, 6.07) is 5.96. The Balaban J connectivity index is 1.24. The number of rotatable bonds is 4. The maximum absolute atomic E-state index is 13.5. The van der Waals surface area contributed by atoms with E-state index < -0.39 is 23.5 Å². The summed E-state index contributed by atoms with van der Waals surface area (Å²) in [6.45, 7) is 0.625. The van der Waals surface area contributed by atoms with Gasteiger partial charge in [0.1, 0.15) is 17.9 Å². The Morgan fingerprint density at radius 3 is 2.53 bits per heavy atom. The number of imide groups is 1. The Bertz CT molecular complexity index is 1120. The summed E-state index contributed by atoms with van der Waals surface area (Å²) in [6.07, 6.45) is -2.29. The second-order valence-corrected chi connectivity index (χ2v) is 10.1. The maximum atomic E-state index is 13.5. The molecule has 3 aliphatic heterocycles. The van der Waals surface area contributed by atoms with Gasteiger partial charge in [-0.1, -0.05) is 0 Å². The van der Waals surface area contributed by atoms with E-state index in [2.05, 4.69) is 5.32 Å². The van der Waals surface area contributed by atoms with Gasteiger partial charge in [-0.05, 0) is 62.3 Å². The van der Waals surface area contributed by atoms with Gasteiger partial charge in [-0.3, -0.25) is 24.6 Å². The van der Waals surface area contributed by atoms with E-state index >= 15 is 0 Å². The van der Waals surface area contributed by atoms with Gasteiger partial charge in [0, 0.05) is 37.7 Å². The lowest BCUT2D eigenvalue weighted by atomic mass is 9.78. The van der Waals surface area contributed by atoms with Gasteiger partial charge in [0.2, 0.25) is 11.8 Å². The van der Waals surface area contributed by atoms with Crippen LogP contribution in [0.5, 0.6) is 5.75 Å². The van der Waals surface area contributed by atoms with E-state index in [4.69, 9.17) is 4.74 Å². The minimum absolute atomic E-state index is 0.0372. The summed E-state index contributed by atoms with van der Waals surface area (Å²) in [5.41, 5.74) is -1.05. The highest BCUT2D eigenvalue weighted by atomic mass is 19.4. The van der Waals surface area contributed by atoms with Crippen molar-refractivity contribution in [3.8, 4) is 11.8 Å². The number of halogens is 3. The zero-order valence-electron chi connectivity index (χ0n) is 19.6. The molecule has 8 nitrogen and oxygen atoms in total. The van der Waals surface area contributed by atoms with Crippen molar-refractivity contribution in [3.63, 3.8) is 0 Å². The average Bonchev–Trinajstić information content (AvgIpc) is 3.42. The average molecular weight is 505 g/mol. The molecule has 0 radical (unpaired) electrons. The van der Waals surface area contributed by atoms with Gasteiger partial charge in [0.15, 0.2) is 5.41 Å². The molecule has 0 spiro atoms. The van der Waals surface area contributed by atoms with Gasteiger partial charge in [-0.25, -0.2) is 0 Å². The number of fused-ring (bicyclic) bond motifs is 1. The van der Waals surface area contributed by atoms with E-state index in [1.807, 2.05) is 4.90 Å². The number of carbonyl (C=O) groups excluding carboxylic acids is 3. The van der Waals surface area contributed by atoms with E-state index in [-0.39, 0.29) is 69.3 Å². The number of hydrogen-bond donors (Lipinski definition) is 1. The Labute approximate surface area is 206 Å². The van der Waals surface area contributed by atoms with Gasteiger partial charge < -0.3 is 9.64 Å². The molecule has 3 amide bonds. The molecule has 1 aromatic rings. The fourth-order valence-electron chi connectivity index (χ4n) is 5.96. The fraction of sp³-hybridized carbons (Fsp3) is 0.600. The number of amides is 3. The number of alkyl halides is 3. The normalized spacial score (nSPS) is 28.6. The second-order valence-electron chi connectivity index (χ2n) is 10.1. The van der Waals surface area contributed by atoms with Crippen molar-refractivity contribution >= 4 is 17.7 Å². The van der Waals surface area contributed by atoms with Crippen LogP contribution in [0, 0.1) is 16.7 Å². The zero-order chi connectivity index (χ0) is 25.7. The van der Waals surface area contributed by atoms with Crippen LogP contribution in [0.4, 0.5) is 13.2 Å². The summed E-state index contributed by atoms with van der Waals surface area (Å²) in [5.74, 6) is -0.496. The van der Waals surface area contributed by atoms with Crippen molar-refractivity contribution in [2.45, 2.75) is 75.9 Å². The lowest BCUT2D eigenvalue weighted by Gasteiger charge is -2.42. The molecule has 3 atom stereocenters. The topological polar surface area (TPSA) is 103 Å². The van der Waals surface area contributed by atoms with E-state index in [9.17, 15) is 32.8 Å². The minimum atomic E-state index is -4.54. The van der Waals surface area contributed by atoms with Gasteiger partial charge in [-0.15, -0.1) is 0 Å². The van der Waals surface area contributed by atoms with Crippen LogP contribution in [-0.4, -0.2) is 65.0 Å². The first-order valence-corrected chi connectivity index (χ1v) is 12.3. The number of likely N-dealkylation sites (tertiary alicyclic amines) is 1. The van der Waals surface area contributed by atoms with Crippen LogP contribution in [0.3, 0.4) is 0 Å². The smallest absolute Gasteiger partial charge is 0.407 e. The van der Waals surface area contributed by atoms with Gasteiger partial charge in [0.25, 0.3) is 5.91 Å². The van der Waals surface area contributed by atoms with Crippen LogP contribution in [0.1, 0.15) is 60.9 Å². The quantitative estimate of drug-likeness (QED) is 0.633. The molecule has 2 saturated heterocycles. The first-order valence-electron chi connectivity index (χ1n) is 12.3. The van der Waals surface area contributed by atoms with Crippen molar-refractivity contribution in [2.24, 2.45) is 5.41 Å². The highest BCUT2D eigenvalue weighted by Gasteiger charge is 2.57. The molecule has 36 heavy (non-hydrogen) atoms. The molecule has 3 heterocycles. The van der Waals surface area contributed by atoms with Crippen LogP contribution < -0.4 is 10.1 Å². The second kappa shape index (κ2) is 9.07. The molecule has 3 fully saturated rings. The molecule has 1 N–H and O–H groups in total. The van der Waals surface area contributed by atoms with Crippen molar-refractivity contribution in [2.75, 3.05) is 13.1 Å². The molecule has 1 saturated carbocycles. The minimum Gasteiger partial charge on any atom is -0.489 e. The van der Waals surface area contributed by atoms with Gasteiger partial charge >= 0.3 is 6.18 Å². The van der Waals surface area contributed by atoms with E-state index in [1.165, 1.54) is 11.0 Å². The summed E-state index contributed by atoms with van der Waals surface area (Å²) in [4.78, 5) is 40.1.